The lowest BCUT2D eigenvalue weighted by Crippen LogP contribution is -2.25. The van der Waals surface area contributed by atoms with Gasteiger partial charge >= 0.3 is 0 Å². The molecule has 0 aliphatic carbocycles. The van der Waals surface area contributed by atoms with Crippen molar-refractivity contribution in [3.05, 3.63) is 46.5 Å². The normalized spacial score (nSPS) is 10.4. The van der Waals surface area contributed by atoms with E-state index >= 15 is 0 Å². The van der Waals surface area contributed by atoms with Crippen molar-refractivity contribution in [3.63, 3.8) is 0 Å². The van der Waals surface area contributed by atoms with Crippen LogP contribution in [0.25, 0.3) is 0 Å². The highest BCUT2D eigenvalue weighted by atomic mass is 32.1. The summed E-state index contributed by atoms with van der Waals surface area (Å²) >= 11 is 1.72. The first-order valence-corrected chi connectivity index (χ1v) is 6.54. The van der Waals surface area contributed by atoms with Gasteiger partial charge in [-0.1, -0.05) is 6.07 Å². The molecule has 2 heterocycles. The zero-order valence-corrected chi connectivity index (χ0v) is 10.3. The molecule has 0 aliphatic rings. The number of aryl methyl sites for hydroxylation is 1. The average Bonchev–Trinajstić information content (AvgIpc) is 2.99. The molecular formula is C13H15NO2S. The first-order chi connectivity index (χ1) is 8.34. The van der Waals surface area contributed by atoms with Crippen molar-refractivity contribution in [3.8, 4) is 0 Å². The van der Waals surface area contributed by atoms with Gasteiger partial charge in [0.15, 0.2) is 0 Å². The second kappa shape index (κ2) is 6.25. The van der Waals surface area contributed by atoms with Crippen molar-refractivity contribution in [2.75, 3.05) is 6.54 Å². The summed E-state index contributed by atoms with van der Waals surface area (Å²) in [5, 5.41) is 4.96. The predicted molar refractivity (Wildman–Crippen MR) is 68.1 cm³/mol. The van der Waals surface area contributed by atoms with E-state index in [9.17, 15) is 4.79 Å². The molecule has 4 heteroatoms. The minimum absolute atomic E-state index is 0.0814. The van der Waals surface area contributed by atoms with Crippen molar-refractivity contribution < 1.29 is 9.21 Å². The minimum Gasteiger partial charge on any atom is -0.469 e. The lowest BCUT2D eigenvalue weighted by molar-refractivity contribution is -0.121. The molecule has 0 spiro atoms. The van der Waals surface area contributed by atoms with Crippen LogP contribution in [0.4, 0.5) is 0 Å². The topological polar surface area (TPSA) is 42.2 Å². The van der Waals surface area contributed by atoms with Crippen LogP contribution in [-0.4, -0.2) is 12.5 Å². The Labute approximate surface area is 104 Å². The molecule has 0 saturated carbocycles. The lowest BCUT2D eigenvalue weighted by atomic mass is 10.2. The molecule has 3 nitrogen and oxygen atoms in total. The summed E-state index contributed by atoms with van der Waals surface area (Å²) in [6.45, 7) is 0.706. The monoisotopic (exact) mass is 249 g/mol. The predicted octanol–water partition coefficient (Wildman–Crippen LogP) is 2.63. The molecule has 0 bridgehead atoms. The highest BCUT2D eigenvalue weighted by Crippen LogP contribution is 2.08. The highest BCUT2D eigenvalue weighted by molar-refractivity contribution is 7.09. The Balaban J connectivity index is 1.61. The van der Waals surface area contributed by atoms with E-state index in [1.54, 1.807) is 17.6 Å². The number of nitrogens with one attached hydrogen (secondary N) is 1. The van der Waals surface area contributed by atoms with Crippen molar-refractivity contribution in [1.82, 2.24) is 5.32 Å². The summed E-state index contributed by atoms with van der Waals surface area (Å²) in [6.07, 6.45) is 3.68. The molecule has 17 heavy (non-hydrogen) atoms. The van der Waals surface area contributed by atoms with E-state index < -0.39 is 0 Å². The van der Waals surface area contributed by atoms with Crippen LogP contribution in [0.1, 0.15) is 17.1 Å². The van der Waals surface area contributed by atoms with E-state index in [-0.39, 0.29) is 5.91 Å². The number of furan rings is 1. The fraction of sp³-hybridized carbons (Fsp3) is 0.308. The van der Waals surface area contributed by atoms with E-state index in [1.807, 2.05) is 23.6 Å². The van der Waals surface area contributed by atoms with Gasteiger partial charge in [-0.15, -0.1) is 11.3 Å². The van der Waals surface area contributed by atoms with E-state index in [2.05, 4.69) is 11.4 Å². The summed E-state index contributed by atoms with van der Waals surface area (Å²) in [6, 6.07) is 7.83. The Morgan fingerprint density at radius 1 is 1.29 bits per heavy atom. The Morgan fingerprint density at radius 3 is 2.94 bits per heavy atom. The smallest absolute Gasteiger partial charge is 0.220 e. The number of thiophene rings is 1. The van der Waals surface area contributed by atoms with Gasteiger partial charge in [-0.2, -0.15) is 0 Å². The molecule has 0 saturated heterocycles. The van der Waals surface area contributed by atoms with Crippen LogP contribution >= 0.6 is 11.3 Å². The second-order valence-corrected chi connectivity index (χ2v) is 4.79. The van der Waals surface area contributed by atoms with Gasteiger partial charge in [-0.05, 0) is 30.0 Å². The third-order valence-corrected chi connectivity index (χ3v) is 3.39. The fourth-order valence-electron chi connectivity index (χ4n) is 1.56. The number of hydrogen-bond acceptors (Lipinski definition) is 3. The van der Waals surface area contributed by atoms with Gasteiger partial charge < -0.3 is 9.73 Å². The molecule has 2 aromatic heterocycles. The first-order valence-electron chi connectivity index (χ1n) is 5.66. The third-order valence-electron chi connectivity index (χ3n) is 2.45. The Bertz CT molecular complexity index is 434. The summed E-state index contributed by atoms with van der Waals surface area (Å²) < 4.78 is 5.17. The molecule has 0 aliphatic heterocycles. The first kappa shape index (κ1) is 11.9. The summed E-state index contributed by atoms with van der Waals surface area (Å²) in [4.78, 5) is 12.8. The van der Waals surface area contributed by atoms with E-state index in [4.69, 9.17) is 4.42 Å². The molecule has 1 amide bonds. The number of amides is 1. The van der Waals surface area contributed by atoms with Crippen molar-refractivity contribution >= 4 is 17.2 Å². The van der Waals surface area contributed by atoms with Gasteiger partial charge in [0.25, 0.3) is 0 Å². The minimum atomic E-state index is 0.0814. The largest absolute Gasteiger partial charge is 0.469 e. The van der Waals surface area contributed by atoms with Gasteiger partial charge in [0.1, 0.15) is 5.76 Å². The zero-order chi connectivity index (χ0) is 11.9. The number of hydrogen-bond donors (Lipinski definition) is 1. The number of carbonyl (C=O) groups excluding carboxylic acids is 1. The van der Waals surface area contributed by atoms with Gasteiger partial charge in [0.2, 0.25) is 5.91 Å². The van der Waals surface area contributed by atoms with Crippen LogP contribution in [0.5, 0.6) is 0 Å². The maximum Gasteiger partial charge on any atom is 0.220 e. The second-order valence-electron chi connectivity index (χ2n) is 3.76. The SMILES string of the molecule is O=C(CCc1ccco1)NCCc1cccs1. The van der Waals surface area contributed by atoms with Crippen molar-refractivity contribution in [2.45, 2.75) is 19.3 Å². The maximum absolute atomic E-state index is 11.5. The Hall–Kier alpha value is -1.55. The molecule has 0 fully saturated rings. The Kier molecular flexibility index (Phi) is 4.38. The maximum atomic E-state index is 11.5. The van der Waals surface area contributed by atoms with Gasteiger partial charge in [0, 0.05) is 24.3 Å². The molecule has 2 rings (SSSR count). The molecular weight excluding hydrogens is 234 g/mol. The summed E-state index contributed by atoms with van der Waals surface area (Å²) in [5.41, 5.74) is 0. The molecule has 0 unspecified atom stereocenters. The quantitative estimate of drug-likeness (QED) is 0.855. The lowest BCUT2D eigenvalue weighted by Gasteiger charge is -2.03. The van der Waals surface area contributed by atoms with Crippen LogP contribution in [0.3, 0.4) is 0 Å². The highest BCUT2D eigenvalue weighted by Gasteiger charge is 2.03. The van der Waals surface area contributed by atoms with E-state index in [1.165, 1.54) is 4.88 Å². The standard InChI is InChI=1S/C13H15NO2S/c15-13(6-5-11-3-1-9-16-11)14-8-7-12-4-2-10-17-12/h1-4,9-10H,5-8H2,(H,14,15). The van der Waals surface area contributed by atoms with Gasteiger partial charge in [-0.25, -0.2) is 0 Å². The molecule has 2 aromatic rings. The van der Waals surface area contributed by atoms with Gasteiger partial charge in [0.05, 0.1) is 6.26 Å². The van der Waals surface area contributed by atoms with Crippen LogP contribution in [0, 0.1) is 0 Å². The number of carbonyl (C=O) groups is 1. The molecule has 0 aromatic carbocycles. The third kappa shape index (κ3) is 4.07. The van der Waals surface area contributed by atoms with Gasteiger partial charge in [-0.3, -0.25) is 4.79 Å². The zero-order valence-electron chi connectivity index (χ0n) is 9.52. The Morgan fingerprint density at radius 2 is 2.24 bits per heavy atom. The van der Waals surface area contributed by atoms with Crippen LogP contribution in [0.2, 0.25) is 0 Å². The average molecular weight is 249 g/mol. The fourth-order valence-corrected chi connectivity index (χ4v) is 2.27. The van der Waals surface area contributed by atoms with E-state index in [0.717, 1.165) is 12.2 Å². The van der Waals surface area contributed by atoms with Crippen molar-refractivity contribution in [2.24, 2.45) is 0 Å². The van der Waals surface area contributed by atoms with Crippen LogP contribution < -0.4 is 5.32 Å². The summed E-state index contributed by atoms with van der Waals surface area (Å²) in [5.74, 6) is 0.941. The van der Waals surface area contributed by atoms with E-state index in [0.29, 0.717) is 19.4 Å². The molecule has 0 radical (unpaired) electrons. The number of rotatable bonds is 6. The van der Waals surface area contributed by atoms with Crippen molar-refractivity contribution in [1.29, 1.82) is 0 Å². The molecule has 90 valence electrons. The molecule has 1 N–H and O–H groups in total. The summed E-state index contributed by atoms with van der Waals surface area (Å²) in [7, 11) is 0. The molecule has 0 atom stereocenters. The van der Waals surface area contributed by atoms with Crippen LogP contribution in [0.15, 0.2) is 40.3 Å². The van der Waals surface area contributed by atoms with Crippen LogP contribution in [-0.2, 0) is 17.6 Å².